The number of hydrogen-bond acceptors (Lipinski definition) is 4. The van der Waals surface area contributed by atoms with E-state index in [2.05, 4.69) is 12.1 Å². The van der Waals surface area contributed by atoms with Crippen molar-refractivity contribution in [2.24, 2.45) is 11.8 Å². The monoisotopic (exact) mass is 563 g/mol. The number of nitrogens with zero attached hydrogens (tertiary/aromatic N) is 3. The highest BCUT2D eigenvalue weighted by atomic mass is 19.4. The molecule has 0 saturated carbocycles. The number of likely N-dealkylation sites (tertiary alicyclic amines) is 1. The molecule has 2 heterocycles. The first-order chi connectivity index (χ1) is 19.6. The first-order valence-electron chi connectivity index (χ1n) is 13.9. The number of halogens is 3. The van der Waals surface area contributed by atoms with Gasteiger partial charge < -0.3 is 10.0 Å². The highest BCUT2D eigenvalue weighted by Crippen LogP contribution is 2.32. The lowest BCUT2D eigenvalue weighted by Gasteiger charge is -2.22. The zero-order valence-electron chi connectivity index (χ0n) is 22.8. The van der Waals surface area contributed by atoms with E-state index in [0.717, 1.165) is 18.6 Å². The Hall–Kier alpha value is -4.01. The third kappa shape index (κ3) is 6.66. The van der Waals surface area contributed by atoms with Gasteiger partial charge in [0.2, 0.25) is 5.91 Å². The van der Waals surface area contributed by atoms with Crippen molar-refractivity contribution in [2.45, 2.75) is 51.1 Å². The molecule has 1 saturated heterocycles. The summed E-state index contributed by atoms with van der Waals surface area (Å²) in [5, 5.41) is 10.3. The second kappa shape index (κ2) is 11.8. The number of aliphatic carboxylic acids is 1. The van der Waals surface area contributed by atoms with E-state index in [0.29, 0.717) is 65.9 Å². The number of carboxylic acid groups (broad SMARTS) is 1. The maximum atomic E-state index is 13.5. The number of aryl methyl sites for hydroxylation is 1. The molecule has 2 unspecified atom stereocenters. The Morgan fingerprint density at radius 2 is 1.78 bits per heavy atom. The predicted octanol–water partition coefficient (Wildman–Crippen LogP) is 4.80. The van der Waals surface area contributed by atoms with Gasteiger partial charge in [0.1, 0.15) is 0 Å². The van der Waals surface area contributed by atoms with Crippen LogP contribution in [0.2, 0.25) is 0 Å². The van der Waals surface area contributed by atoms with Crippen molar-refractivity contribution in [2.75, 3.05) is 13.1 Å². The van der Waals surface area contributed by atoms with E-state index in [9.17, 15) is 22.8 Å². The molecule has 2 aromatic carbocycles. The van der Waals surface area contributed by atoms with Gasteiger partial charge in [-0.05, 0) is 55.4 Å². The van der Waals surface area contributed by atoms with Crippen molar-refractivity contribution in [1.82, 2.24) is 14.9 Å². The summed E-state index contributed by atoms with van der Waals surface area (Å²) in [6.07, 6.45) is 1.59. The number of hydrogen-bond donors (Lipinski definition) is 1. The van der Waals surface area contributed by atoms with E-state index in [-0.39, 0.29) is 24.2 Å². The van der Waals surface area contributed by atoms with Gasteiger partial charge in [-0.1, -0.05) is 55.5 Å². The van der Waals surface area contributed by atoms with Gasteiger partial charge in [0.05, 0.1) is 33.6 Å². The fourth-order valence-electron chi connectivity index (χ4n) is 5.64. The minimum atomic E-state index is -4.45. The zero-order valence-corrected chi connectivity index (χ0v) is 22.8. The smallest absolute Gasteiger partial charge is 0.416 e. The van der Waals surface area contributed by atoms with Gasteiger partial charge in [0.15, 0.2) is 0 Å². The van der Waals surface area contributed by atoms with E-state index in [1.54, 1.807) is 0 Å². The number of rotatable bonds is 8. The van der Waals surface area contributed by atoms with Crippen molar-refractivity contribution in [3.63, 3.8) is 0 Å². The lowest BCUT2D eigenvalue weighted by Crippen LogP contribution is -2.41. The molecule has 0 bridgehead atoms. The third-order valence-electron chi connectivity index (χ3n) is 7.92. The topological polar surface area (TPSA) is 83.4 Å². The average molecular weight is 564 g/mol. The fourth-order valence-corrected chi connectivity index (χ4v) is 5.64. The van der Waals surface area contributed by atoms with E-state index < -0.39 is 17.7 Å². The zero-order chi connectivity index (χ0) is 29.1. The molecular weight excluding hydrogens is 531 g/mol. The molecule has 1 N–H and O–H groups in total. The first kappa shape index (κ1) is 28.5. The summed E-state index contributed by atoms with van der Waals surface area (Å²) < 4.78 is 39.4. The Morgan fingerprint density at radius 1 is 1.05 bits per heavy atom. The molecule has 6 nitrogen and oxygen atoms in total. The van der Waals surface area contributed by atoms with Crippen LogP contribution >= 0.6 is 0 Å². The van der Waals surface area contributed by atoms with Gasteiger partial charge in [-0.25, -0.2) is 9.97 Å². The molecule has 3 aromatic rings. The van der Waals surface area contributed by atoms with Crippen LogP contribution in [-0.2, 0) is 22.2 Å². The fraction of sp³-hybridized carbons (Fsp3) is 0.375. The van der Waals surface area contributed by atoms with Gasteiger partial charge >= 0.3 is 12.1 Å². The number of aromatic nitrogens is 2. The van der Waals surface area contributed by atoms with Crippen molar-refractivity contribution >= 4 is 24.0 Å². The molecule has 5 rings (SSSR count). The summed E-state index contributed by atoms with van der Waals surface area (Å²) >= 11 is 0. The molecule has 1 amide bonds. The lowest BCUT2D eigenvalue weighted by molar-refractivity contribution is -0.138. The number of amides is 1. The molecule has 1 aliphatic heterocycles. The molecule has 2 aliphatic rings. The van der Waals surface area contributed by atoms with Crippen LogP contribution in [0.3, 0.4) is 0 Å². The van der Waals surface area contributed by atoms with Crippen LogP contribution < -0.4 is 10.7 Å². The predicted molar refractivity (Wildman–Crippen MR) is 149 cm³/mol. The van der Waals surface area contributed by atoms with Crippen LogP contribution in [0.4, 0.5) is 13.2 Å². The summed E-state index contributed by atoms with van der Waals surface area (Å²) in [6.45, 7) is 3.21. The van der Waals surface area contributed by atoms with Gasteiger partial charge in [-0.3, -0.25) is 9.59 Å². The summed E-state index contributed by atoms with van der Waals surface area (Å²) in [5.41, 5.74) is 2.03. The van der Waals surface area contributed by atoms with Gasteiger partial charge in [0.25, 0.3) is 0 Å². The Balaban J connectivity index is 1.42. The number of carboxylic acids is 1. The molecule has 0 radical (unpaired) electrons. The van der Waals surface area contributed by atoms with Crippen LogP contribution in [0.25, 0.3) is 23.4 Å². The Kier molecular flexibility index (Phi) is 8.24. The normalized spacial score (nSPS) is 19.2. The van der Waals surface area contributed by atoms with Crippen molar-refractivity contribution in [3.05, 3.63) is 82.1 Å². The van der Waals surface area contributed by atoms with E-state index in [4.69, 9.17) is 15.1 Å². The van der Waals surface area contributed by atoms with Crippen molar-refractivity contribution in [3.8, 4) is 11.3 Å². The molecule has 1 fully saturated rings. The number of carbonyl (C=O) groups is 2. The van der Waals surface area contributed by atoms with Crippen LogP contribution in [-0.4, -0.2) is 44.9 Å². The number of benzene rings is 2. The Labute approximate surface area is 236 Å². The number of carbonyl (C=O) groups excluding carboxylic acids is 1. The standard InChI is InChI=1S/C32H32F3N3O3/c1-20(17-29(39)40)7-13-27-30(22-8-11-25(12-9-22)32(33,34)35)37-26-14-10-23(18-28(26)36-27)31(41)38-16-15-24(19-38)21-5-3-2-4-6-21/h2-6,8-9,11-12,14,18,20,23-24H,7,10,13,15-17,19H2,1H3,(H,39,40)/t20?,23?,24-/m0/s1. The molecule has 1 aliphatic carbocycles. The van der Waals surface area contributed by atoms with E-state index in [1.807, 2.05) is 42.2 Å². The molecule has 1 aromatic heterocycles. The molecular formula is C32H32F3N3O3. The minimum absolute atomic E-state index is 0.00424. The molecule has 0 spiro atoms. The quantitative estimate of drug-likeness (QED) is 0.426. The molecule has 3 atom stereocenters. The summed E-state index contributed by atoms with van der Waals surface area (Å²) in [7, 11) is 0. The minimum Gasteiger partial charge on any atom is -0.481 e. The van der Waals surface area contributed by atoms with Gasteiger partial charge in [0, 0.05) is 31.0 Å². The number of alkyl halides is 3. The highest BCUT2D eigenvalue weighted by molar-refractivity contribution is 5.85. The average Bonchev–Trinajstić information content (AvgIpc) is 3.45. The van der Waals surface area contributed by atoms with Crippen LogP contribution in [0, 0.1) is 11.8 Å². The van der Waals surface area contributed by atoms with Gasteiger partial charge in [-0.15, -0.1) is 0 Å². The SMILES string of the molecule is CC(CCc1nc2c(nc1-c1ccc(C(F)(F)F)cc1)=CCC(C(=O)N1CC[C@H](c3ccccc3)C1)C=2)CC(=O)O. The maximum Gasteiger partial charge on any atom is 0.416 e. The maximum absolute atomic E-state index is 13.5. The Morgan fingerprint density at radius 3 is 2.46 bits per heavy atom. The third-order valence-corrected chi connectivity index (χ3v) is 7.92. The van der Waals surface area contributed by atoms with Gasteiger partial charge in [-0.2, -0.15) is 13.2 Å². The molecule has 214 valence electrons. The summed E-state index contributed by atoms with van der Waals surface area (Å²) in [5.74, 6) is -1.02. The molecule has 9 heteroatoms. The summed E-state index contributed by atoms with van der Waals surface area (Å²) in [4.78, 5) is 36.2. The van der Waals surface area contributed by atoms with Crippen molar-refractivity contribution in [1.29, 1.82) is 0 Å². The largest absolute Gasteiger partial charge is 0.481 e. The molecule has 41 heavy (non-hydrogen) atoms. The second-order valence-electron chi connectivity index (χ2n) is 11.0. The number of fused-ring (bicyclic) bond motifs is 1. The van der Waals surface area contributed by atoms with Crippen LogP contribution in [0.5, 0.6) is 0 Å². The second-order valence-corrected chi connectivity index (χ2v) is 11.0. The van der Waals surface area contributed by atoms with E-state index in [1.165, 1.54) is 17.7 Å². The first-order valence-corrected chi connectivity index (χ1v) is 13.9. The highest BCUT2D eigenvalue weighted by Gasteiger charge is 2.32. The van der Waals surface area contributed by atoms with Crippen molar-refractivity contribution < 1.29 is 27.9 Å². The lowest BCUT2D eigenvalue weighted by atomic mass is 9.96. The Bertz CT molecular complexity index is 1540. The summed E-state index contributed by atoms with van der Waals surface area (Å²) in [6, 6.07) is 15.0. The van der Waals surface area contributed by atoms with Crippen LogP contribution in [0.1, 0.15) is 55.3 Å². The van der Waals surface area contributed by atoms with Crippen LogP contribution in [0.15, 0.2) is 54.6 Å². The van der Waals surface area contributed by atoms with E-state index >= 15 is 0 Å².